The predicted octanol–water partition coefficient (Wildman–Crippen LogP) is -0.278. The monoisotopic (exact) mass is 286 g/mol. The molecule has 8 heteroatoms. The molecule has 1 fully saturated rings. The highest BCUT2D eigenvalue weighted by Crippen LogP contribution is 2.26. The second-order valence-electron chi connectivity index (χ2n) is 4.37. The zero-order chi connectivity index (χ0) is 14.2. The van der Waals surface area contributed by atoms with Crippen LogP contribution in [0.15, 0.2) is 23.1 Å². The molecular weight excluding hydrogens is 272 g/mol. The summed E-state index contributed by atoms with van der Waals surface area (Å²) in [6, 6.07) is 3.63. The van der Waals surface area contributed by atoms with Crippen molar-refractivity contribution in [2.45, 2.75) is 17.4 Å². The Morgan fingerprint density at radius 3 is 2.63 bits per heavy atom. The number of carboxylic acids is 1. The zero-order valence-electron chi connectivity index (χ0n) is 9.98. The first-order chi connectivity index (χ1) is 8.82. The molecule has 0 aliphatic carbocycles. The average molecular weight is 286 g/mol. The minimum Gasteiger partial charge on any atom is -0.478 e. The lowest BCUT2D eigenvalue weighted by Gasteiger charge is -2.17. The summed E-state index contributed by atoms with van der Waals surface area (Å²) in [4.78, 5) is 10.7. The third-order valence-electron chi connectivity index (χ3n) is 2.98. The van der Waals surface area contributed by atoms with Gasteiger partial charge in [0.2, 0.25) is 10.0 Å². The van der Waals surface area contributed by atoms with Gasteiger partial charge >= 0.3 is 5.97 Å². The summed E-state index contributed by atoms with van der Waals surface area (Å²) < 4.78 is 25.8. The van der Waals surface area contributed by atoms with Gasteiger partial charge in [0.25, 0.3) is 0 Å². The average Bonchev–Trinajstić information content (AvgIpc) is 2.76. The molecule has 2 rings (SSSR count). The van der Waals surface area contributed by atoms with Crippen molar-refractivity contribution in [3.05, 3.63) is 23.8 Å². The lowest BCUT2D eigenvalue weighted by atomic mass is 10.2. The number of rotatable bonds is 3. The summed E-state index contributed by atoms with van der Waals surface area (Å²) in [6.07, 6.45) is -0.381. The first-order valence-electron chi connectivity index (χ1n) is 5.63. The van der Waals surface area contributed by atoms with Crippen molar-refractivity contribution in [2.75, 3.05) is 18.8 Å². The highest BCUT2D eigenvalue weighted by atomic mass is 32.2. The Morgan fingerprint density at radius 1 is 1.42 bits per heavy atom. The number of nitrogens with zero attached hydrogens (tertiary/aromatic N) is 1. The molecule has 1 atom stereocenters. The number of hydrogen-bond acceptors (Lipinski definition) is 5. The topological polar surface area (TPSA) is 121 Å². The number of aliphatic hydroxyl groups excluding tert-OH is 1. The van der Waals surface area contributed by atoms with Crippen LogP contribution < -0.4 is 5.73 Å². The lowest BCUT2D eigenvalue weighted by Crippen LogP contribution is -2.31. The van der Waals surface area contributed by atoms with Crippen LogP contribution in [0.2, 0.25) is 0 Å². The second-order valence-corrected chi connectivity index (χ2v) is 6.27. The fraction of sp³-hybridized carbons (Fsp3) is 0.364. The number of aliphatic hydroxyl groups is 1. The van der Waals surface area contributed by atoms with Crippen molar-refractivity contribution in [3.63, 3.8) is 0 Å². The molecule has 1 saturated heterocycles. The number of nitrogen functional groups attached to an aromatic ring is 1. The Labute approximate surface area is 110 Å². The third kappa shape index (κ3) is 2.55. The number of benzene rings is 1. The summed E-state index contributed by atoms with van der Waals surface area (Å²) in [7, 11) is -3.96. The van der Waals surface area contributed by atoms with Gasteiger partial charge in [-0.05, 0) is 24.6 Å². The van der Waals surface area contributed by atoms with Crippen molar-refractivity contribution in [1.82, 2.24) is 4.31 Å². The maximum Gasteiger partial charge on any atom is 0.337 e. The third-order valence-corrected chi connectivity index (χ3v) is 4.89. The van der Waals surface area contributed by atoms with Crippen LogP contribution in [0.4, 0.5) is 5.69 Å². The Bertz CT molecular complexity index is 614. The molecule has 0 spiro atoms. The fourth-order valence-electron chi connectivity index (χ4n) is 2.00. The van der Waals surface area contributed by atoms with Gasteiger partial charge in [-0.15, -0.1) is 0 Å². The molecule has 1 aromatic carbocycles. The number of carbonyl (C=O) groups is 1. The summed E-state index contributed by atoms with van der Waals surface area (Å²) >= 11 is 0. The number of nitrogens with two attached hydrogens (primary N) is 1. The summed E-state index contributed by atoms with van der Waals surface area (Å²) in [5.74, 6) is -1.33. The van der Waals surface area contributed by atoms with E-state index in [0.717, 1.165) is 16.4 Å². The van der Waals surface area contributed by atoms with E-state index in [9.17, 15) is 18.3 Å². The van der Waals surface area contributed by atoms with Crippen molar-refractivity contribution in [3.8, 4) is 0 Å². The SMILES string of the molecule is Nc1ccc(C(=O)O)c(S(=O)(=O)N2CC[C@H](O)C2)c1. The Hall–Kier alpha value is -1.64. The van der Waals surface area contributed by atoms with Gasteiger partial charge < -0.3 is 15.9 Å². The first kappa shape index (κ1) is 13.8. The number of carboxylic acid groups (broad SMARTS) is 1. The molecule has 104 valence electrons. The molecule has 19 heavy (non-hydrogen) atoms. The quantitative estimate of drug-likeness (QED) is 0.657. The van der Waals surface area contributed by atoms with E-state index in [4.69, 9.17) is 10.8 Å². The smallest absolute Gasteiger partial charge is 0.337 e. The largest absolute Gasteiger partial charge is 0.478 e. The standard InChI is InChI=1S/C11H14N2O5S/c12-7-1-2-9(11(15)16)10(5-7)19(17,18)13-4-3-8(14)6-13/h1-2,5,8,14H,3-4,6,12H2,(H,15,16)/t8-/m0/s1. The van der Waals surface area contributed by atoms with Gasteiger partial charge in [-0.3, -0.25) is 0 Å². The van der Waals surface area contributed by atoms with Gasteiger partial charge in [-0.25, -0.2) is 13.2 Å². The van der Waals surface area contributed by atoms with E-state index < -0.39 is 22.1 Å². The van der Waals surface area contributed by atoms with Crippen molar-refractivity contribution in [2.24, 2.45) is 0 Å². The van der Waals surface area contributed by atoms with Crippen LogP contribution in [-0.4, -0.2) is 48.1 Å². The Morgan fingerprint density at radius 2 is 2.11 bits per heavy atom. The minimum absolute atomic E-state index is 0.0316. The molecule has 0 unspecified atom stereocenters. The predicted molar refractivity (Wildman–Crippen MR) is 67.2 cm³/mol. The van der Waals surface area contributed by atoms with Crippen LogP contribution in [-0.2, 0) is 10.0 Å². The van der Waals surface area contributed by atoms with Crippen molar-refractivity contribution >= 4 is 21.7 Å². The molecule has 1 aromatic rings. The number of sulfonamides is 1. The van der Waals surface area contributed by atoms with Crippen LogP contribution in [0.25, 0.3) is 0 Å². The van der Waals surface area contributed by atoms with E-state index in [1.54, 1.807) is 0 Å². The molecule has 0 amide bonds. The Kier molecular flexibility index (Phi) is 3.48. The van der Waals surface area contributed by atoms with E-state index in [0.29, 0.717) is 6.42 Å². The highest BCUT2D eigenvalue weighted by Gasteiger charge is 2.34. The molecular formula is C11H14N2O5S. The van der Waals surface area contributed by atoms with Crippen molar-refractivity contribution in [1.29, 1.82) is 0 Å². The van der Waals surface area contributed by atoms with Gasteiger partial charge in [0.05, 0.1) is 16.6 Å². The molecule has 7 nitrogen and oxygen atoms in total. The van der Waals surface area contributed by atoms with Gasteiger partial charge in [-0.2, -0.15) is 4.31 Å². The van der Waals surface area contributed by atoms with Gasteiger partial charge in [-0.1, -0.05) is 0 Å². The van der Waals surface area contributed by atoms with E-state index in [1.165, 1.54) is 6.07 Å². The van der Waals surface area contributed by atoms with E-state index in [-0.39, 0.29) is 29.2 Å². The van der Waals surface area contributed by atoms with Crippen LogP contribution in [0.3, 0.4) is 0 Å². The molecule has 4 N–H and O–H groups in total. The Balaban J connectivity index is 2.51. The molecule has 0 radical (unpaired) electrons. The minimum atomic E-state index is -3.96. The van der Waals surface area contributed by atoms with E-state index in [2.05, 4.69) is 0 Å². The van der Waals surface area contributed by atoms with Gasteiger partial charge in [0.15, 0.2) is 0 Å². The number of anilines is 1. The fourth-order valence-corrected chi connectivity index (χ4v) is 3.71. The summed E-state index contributed by atoms with van der Waals surface area (Å²) in [5.41, 5.74) is 5.37. The molecule has 0 saturated carbocycles. The van der Waals surface area contributed by atoms with Crippen LogP contribution >= 0.6 is 0 Å². The van der Waals surface area contributed by atoms with E-state index >= 15 is 0 Å². The van der Waals surface area contributed by atoms with E-state index in [1.807, 2.05) is 0 Å². The number of hydrogen-bond donors (Lipinski definition) is 3. The molecule has 0 bridgehead atoms. The van der Waals surface area contributed by atoms with Crippen LogP contribution in [0.5, 0.6) is 0 Å². The molecule has 1 aliphatic rings. The second kappa shape index (κ2) is 4.80. The number of β-amino-alcohol motifs (C(OH)–C–C–N with tert-alkyl or cyclic N) is 1. The molecule has 0 aromatic heterocycles. The summed E-state index contributed by atoms with van der Waals surface area (Å²) in [6.45, 7) is 0.132. The van der Waals surface area contributed by atoms with Crippen LogP contribution in [0, 0.1) is 0 Å². The normalized spacial score (nSPS) is 20.6. The van der Waals surface area contributed by atoms with Crippen molar-refractivity contribution < 1.29 is 23.4 Å². The maximum absolute atomic E-state index is 12.4. The zero-order valence-corrected chi connectivity index (χ0v) is 10.8. The maximum atomic E-state index is 12.4. The van der Waals surface area contributed by atoms with Crippen LogP contribution in [0.1, 0.15) is 16.8 Å². The highest BCUT2D eigenvalue weighted by molar-refractivity contribution is 7.89. The lowest BCUT2D eigenvalue weighted by molar-refractivity contribution is 0.0692. The van der Waals surface area contributed by atoms with Gasteiger partial charge in [0.1, 0.15) is 0 Å². The number of aromatic carboxylic acids is 1. The molecule has 1 aliphatic heterocycles. The summed E-state index contributed by atoms with van der Waals surface area (Å²) in [5, 5.41) is 18.4. The molecule has 1 heterocycles. The van der Waals surface area contributed by atoms with Gasteiger partial charge in [0, 0.05) is 18.8 Å². The first-order valence-corrected chi connectivity index (χ1v) is 7.07.